The smallest absolute Gasteiger partial charge is 0.243 e. The fraction of sp³-hybridized carbons (Fsp3) is 0.625. The zero-order valence-electron chi connectivity index (χ0n) is 12.6. The fourth-order valence-corrected chi connectivity index (χ4v) is 5.61. The lowest BCUT2D eigenvalue weighted by Crippen LogP contribution is -2.39. The van der Waals surface area contributed by atoms with E-state index in [1.807, 2.05) is 13.0 Å². The van der Waals surface area contributed by atoms with E-state index in [1.165, 1.54) is 12.8 Å². The lowest BCUT2D eigenvalue weighted by atomic mass is 9.86. The van der Waals surface area contributed by atoms with Crippen LogP contribution in [0.2, 0.25) is 0 Å². The molecule has 2 atom stereocenters. The van der Waals surface area contributed by atoms with Gasteiger partial charge in [0.2, 0.25) is 10.0 Å². The molecule has 0 aromatic heterocycles. The molecule has 1 aliphatic carbocycles. The minimum absolute atomic E-state index is 0.214. The van der Waals surface area contributed by atoms with E-state index in [0.717, 1.165) is 30.4 Å². The Morgan fingerprint density at radius 2 is 2.00 bits per heavy atom. The van der Waals surface area contributed by atoms with Crippen molar-refractivity contribution >= 4 is 10.0 Å². The first-order chi connectivity index (χ1) is 10.0. The highest BCUT2D eigenvalue weighted by Gasteiger charge is 2.42. The molecule has 5 heteroatoms. The minimum Gasteiger partial charge on any atom is -0.326 e. The molecule has 0 amide bonds. The van der Waals surface area contributed by atoms with Crippen molar-refractivity contribution in [2.75, 3.05) is 6.54 Å². The second-order valence-electron chi connectivity index (χ2n) is 6.31. The van der Waals surface area contributed by atoms with Gasteiger partial charge in [-0.2, -0.15) is 4.31 Å². The summed E-state index contributed by atoms with van der Waals surface area (Å²) >= 11 is 0. The summed E-state index contributed by atoms with van der Waals surface area (Å²) in [6.07, 6.45) is 5.60. The molecule has 1 aliphatic heterocycles. The Kier molecular flexibility index (Phi) is 4.08. The van der Waals surface area contributed by atoms with Crippen LogP contribution in [0.1, 0.15) is 43.2 Å². The van der Waals surface area contributed by atoms with Crippen LogP contribution < -0.4 is 5.73 Å². The normalized spacial score (nSPS) is 26.8. The van der Waals surface area contributed by atoms with Gasteiger partial charge in [-0.3, -0.25) is 0 Å². The first-order valence-corrected chi connectivity index (χ1v) is 9.29. The van der Waals surface area contributed by atoms with E-state index in [-0.39, 0.29) is 6.04 Å². The zero-order valence-corrected chi connectivity index (χ0v) is 13.4. The van der Waals surface area contributed by atoms with Crippen LogP contribution in [-0.4, -0.2) is 25.3 Å². The van der Waals surface area contributed by atoms with Crippen LogP contribution in [0.15, 0.2) is 23.1 Å². The summed E-state index contributed by atoms with van der Waals surface area (Å²) < 4.78 is 27.7. The van der Waals surface area contributed by atoms with Crippen molar-refractivity contribution in [3.05, 3.63) is 29.3 Å². The molecule has 0 bridgehead atoms. The number of nitrogens with zero attached hydrogens (tertiary/aromatic N) is 1. The van der Waals surface area contributed by atoms with Crippen LogP contribution in [0.5, 0.6) is 0 Å². The quantitative estimate of drug-likeness (QED) is 0.932. The Balaban J connectivity index is 1.93. The maximum Gasteiger partial charge on any atom is 0.243 e. The Hall–Kier alpha value is -0.910. The summed E-state index contributed by atoms with van der Waals surface area (Å²) in [5.41, 5.74) is 7.68. The molecule has 1 heterocycles. The highest BCUT2D eigenvalue weighted by molar-refractivity contribution is 7.89. The molecule has 21 heavy (non-hydrogen) atoms. The van der Waals surface area contributed by atoms with E-state index in [2.05, 4.69) is 0 Å². The Bertz CT molecular complexity index is 627. The van der Waals surface area contributed by atoms with E-state index in [1.54, 1.807) is 16.4 Å². The Morgan fingerprint density at radius 1 is 1.24 bits per heavy atom. The van der Waals surface area contributed by atoms with Gasteiger partial charge in [0.1, 0.15) is 0 Å². The van der Waals surface area contributed by atoms with E-state index < -0.39 is 10.0 Å². The first-order valence-electron chi connectivity index (χ1n) is 7.85. The standard InChI is InChI=1S/C16H24N2O2S/c1-12-6-7-15(10-14(12)11-17)21(19,20)18-9-8-13-4-2-3-5-16(13)18/h6-7,10,13,16H,2-5,8-9,11,17H2,1H3. The number of fused-ring (bicyclic) bond motifs is 1. The van der Waals surface area contributed by atoms with Gasteiger partial charge in [-0.1, -0.05) is 18.9 Å². The molecule has 1 saturated heterocycles. The highest BCUT2D eigenvalue weighted by atomic mass is 32.2. The summed E-state index contributed by atoms with van der Waals surface area (Å²) in [5, 5.41) is 0. The van der Waals surface area contributed by atoms with Crippen molar-refractivity contribution < 1.29 is 8.42 Å². The van der Waals surface area contributed by atoms with Gasteiger partial charge in [-0.25, -0.2) is 8.42 Å². The second kappa shape index (κ2) is 5.71. The monoisotopic (exact) mass is 308 g/mol. The molecule has 2 fully saturated rings. The third kappa shape index (κ3) is 2.62. The van der Waals surface area contributed by atoms with Gasteiger partial charge in [0.05, 0.1) is 4.90 Å². The average molecular weight is 308 g/mol. The largest absolute Gasteiger partial charge is 0.326 e. The van der Waals surface area contributed by atoms with Gasteiger partial charge >= 0.3 is 0 Å². The molecular weight excluding hydrogens is 284 g/mol. The molecule has 1 saturated carbocycles. The van der Waals surface area contributed by atoms with E-state index >= 15 is 0 Å². The maximum atomic E-state index is 13.0. The molecule has 116 valence electrons. The van der Waals surface area contributed by atoms with E-state index in [0.29, 0.717) is 23.9 Å². The summed E-state index contributed by atoms with van der Waals surface area (Å²) in [6.45, 7) is 3.01. The van der Waals surface area contributed by atoms with Crippen molar-refractivity contribution in [2.45, 2.75) is 56.5 Å². The van der Waals surface area contributed by atoms with Crippen LogP contribution in [0.4, 0.5) is 0 Å². The summed E-state index contributed by atoms with van der Waals surface area (Å²) in [6, 6.07) is 5.55. The number of aryl methyl sites for hydroxylation is 1. The van der Waals surface area contributed by atoms with E-state index in [4.69, 9.17) is 5.73 Å². The van der Waals surface area contributed by atoms with Crippen molar-refractivity contribution in [1.29, 1.82) is 0 Å². The van der Waals surface area contributed by atoms with Gasteiger partial charge in [0.25, 0.3) is 0 Å². The number of nitrogens with two attached hydrogens (primary N) is 1. The van der Waals surface area contributed by atoms with Crippen molar-refractivity contribution in [3.63, 3.8) is 0 Å². The summed E-state index contributed by atoms with van der Waals surface area (Å²) in [5.74, 6) is 0.563. The molecule has 0 radical (unpaired) electrons. The second-order valence-corrected chi connectivity index (χ2v) is 8.20. The predicted octanol–water partition coefficient (Wildman–Crippen LogP) is 2.41. The van der Waals surface area contributed by atoms with Crippen LogP contribution in [0.3, 0.4) is 0 Å². The van der Waals surface area contributed by atoms with E-state index in [9.17, 15) is 8.42 Å². The van der Waals surface area contributed by atoms with Crippen LogP contribution >= 0.6 is 0 Å². The average Bonchev–Trinajstić information content (AvgIpc) is 2.92. The Labute approximate surface area is 127 Å². The first kappa shape index (κ1) is 15.0. The number of hydrogen-bond acceptors (Lipinski definition) is 3. The maximum absolute atomic E-state index is 13.0. The topological polar surface area (TPSA) is 63.4 Å². The molecular formula is C16H24N2O2S. The van der Waals surface area contributed by atoms with Gasteiger partial charge in [-0.15, -0.1) is 0 Å². The third-order valence-electron chi connectivity index (χ3n) is 5.11. The Morgan fingerprint density at radius 3 is 2.76 bits per heavy atom. The minimum atomic E-state index is -3.38. The van der Waals surface area contributed by atoms with Gasteiger partial charge in [0, 0.05) is 19.1 Å². The van der Waals surface area contributed by atoms with Gasteiger partial charge < -0.3 is 5.73 Å². The van der Waals surface area contributed by atoms with Gasteiger partial charge in [0.15, 0.2) is 0 Å². The number of rotatable bonds is 3. The van der Waals surface area contributed by atoms with Crippen molar-refractivity contribution in [2.24, 2.45) is 11.7 Å². The number of hydrogen-bond donors (Lipinski definition) is 1. The molecule has 4 nitrogen and oxygen atoms in total. The molecule has 3 rings (SSSR count). The fourth-order valence-electron chi connectivity index (χ4n) is 3.82. The number of sulfonamides is 1. The summed E-state index contributed by atoms with van der Waals surface area (Å²) in [7, 11) is -3.38. The highest BCUT2D eigenvalue weighted by Crippen LogP contribution is 2.39. The van der Waals surface area contributed by atoms with Crippen molar-refractivity contribution in [1.82, 2.24) is 4.31 Å². The zero-order chi connectivity index (χ0) is 15.0. The third-order valence-corrected chi connectivity index (χ3v) is 7.03. The molecule has 2 unspecified atom stereocenters. The SMILES string of the molecule is Cc1ccc(S(=O)(=O)N2CCC3CCCCC32)cc1CN. The van der Waals surface area contributed by atoms with Crippen molar-refractivity contribution in [3.8, 4) is 0 Å². The predicted molar refractivity (Wildman–Crippen MR) is 83.3 cm³/mol. The van der Waals surface area contributed by atoms with Gasteiger partial charge in [-0.05, 0) is 55.4 Å². The molecule has 2 aliphatic rings. The molecule has 1 aromatic carbocycles. The van der Waals surface area contributed by atoms with Crippen LogP contribution in [0, 0.1) is 12.8 Å². The van der Waals surface area contributed by atoms with Crippen LogP contribution in [-0.2, 0) is 16.6 Å². The molecule has 2 N–H and O–H groups in total. The number of benzene rings is 1. The van der Waals surface area contributed by atoms with Crippen LogP contribution in [0.25, 0.3) is 0 Å². The lowest BCUT2D eigenvalue weighted by molar-refractivity contribution is 0.260. The summed E-state index contributed by atoms with van der Waals surface area (Å²) in [4.78, 5) is 0.403. The molecule has 1 aromatic rings. The lowest BCUT2D eigenvalue weighted by Gasteiger charge is -2.31. The molecule has 0 spiro atoms.